The van der Waals surface area contributed by atoms with E-state index in [1.165, 1.54) is 4.88 Å². The number of nitrogens with one attached hydrogen (secondary N) is 2. The Bertz CT molecular complexity index is 637. The van der Waals surface area contributed by atoms with Gasteiger partial charge in [-0.15, -0.1) is 11.3 Å². The summed E-state index contributed by atoms with van der Waals surface area (Å²) < 4.78 is 0. The second-order valence-corrected chi connectivity index (χ2v) is 5.77. The lowest BCUT2D eigenvalue weighted by atomic mass is 10.1. The molecule has 0 unspecified atom stereocenters. The van der Waals surface area contributed by atoms with Crippen molar-refractivity contribution in [3.63, 3.8) is 0 Å². The van der Waals surface area contributed by atoms with E-state index in [9.17, 15) is 4.79 Å². The highest BCUT2D eigenvalue weighted by molar-refractivity contribution is 7.09. The quantitative estimate of drug-likeness (QED) is 0.561. The van der Waals surface area contributed by atoms with Gasteiger partial charge >= 0.3 is 0 Å². The highest BCUT2D eigenvalue weighted by atomic mass is 32.1. The molecule has 0 bridgehead atoms. The average molecular weight is 316 g/mol. The van der Waals surface area contributed by atoms with Crippen LogP contribution in [0.2, 0.25) is 0 Å². The van der Waals surface area contributed by atoms with Crippen LogP contribution in [0.25, 0.3) is 0 Å². The maximum Gasteiger partial charge on any atom is 0.251 e. The molecule has 0 saturated carbocycles. The van der Waals surface area contributed by atoms with Gasteiger partial charge in [0.25, 0.3) is 5.91 Å². The predicted octanol–water partition coefficient (Wildman–Crippen LogP) is 1.75. The Hall–Kier alpha value is -2.34. The lowest BCUT2D eigenvalue weighted by molar-refractivity contribution is 0.0963. The molecule has 0 fully saturated rings. The molecule has 4 N–H and O–H groups in total. The van der Waals surface area contributed by atoms with Crippen LogP contribution in [0.15, 0.2) is 46.8 Å². The van der Waals surface area contributed by atoms with E-state index in [1.54, 1.807) is 24.5 Å². The van der Waals surface area contributed by atoms with Gasteiger partial charge in [-0.3, -0.25) is 4.79 Å². The fraction of sp³-hybridized carbons (Fsp3) is 0.250. The van der Waals surface area contributed by atoms with E-state index in [-0.39, 0.29) is 5.91 Å². The van der Waals surface area contributed by atoms with Crippen molar-refractivity contribution in [1.82, 2.24) is 10.6 Å². The Morgan fingerprint density at radius 2 is 2.18 bits per heavy atom. The molecule has 2 aromatic rings. The predicted molar refractivity (Wildman–Crippen MR) is 91.2 cm³/mol. The molecular formula is C16H20N4OS. The van der Waals surface area contributed by atoms with Gasteiger partial charge < -0.3 is 16.4 Å². The minimum Gasteiger partial charge on any atom is -0.370 e. The van der Waals surface area contributed by atoms with E-state index in [1.807, 2.05) is 24.3 Å². The van der Waals surface area contributed by atoms with Crippen LogP contribution in [0.4, 0.5) is 0 Å². The van der Waals surface area contributed by atoms with E-state index in [0.29, 0.717) is 18.1 Å². The molecule has 0 aliphatic heterocycles. The molecule has 1 aromatic carbocycles. The summed E-state index contributed by atoms with van der Waals surface area (Å²) in [6.45, 7) is 1.21. The highest BCUT2D eigenvalue weighted by Crippen LogP contribution is 2.08. The maximum absolute atomic E-state index is 11.6. The number of carbonyl (C=O) groups is 1. The Balaban J connectivity index is 1.83. The van der Waals surface area contributed by atoms with E-state index >= 15 is 0 Å². The zero-order valence-electron chi connectivity index (χ0n) is 12.5. The standard InChI is InChI=1S/C16H20N4OS/c1-18-15(21)13-5-2-4-12(10-13)11-20-16(17)19-8-7-14-6-3-9-22-14/h2-6,9-10H,7-8,11H2,1H3,(H,18,21)(H3,17,19,20). The fourth-order valence-corrected chi connectivity index (χ4v) is 2.67. The summed E-state index contributed by atoms with van der Waals surface area (Å²) in [5, 5.41) is 7.76. The van der Waals surface area contributed by atoms with Gasteiger partial charge in [0.15, 0.2) is 5.96 Å². The second kappa shape index (κ2) is 8.19. The van der Waals surface area contributed by atoms with Crippen LogP contribution in [-0.4, -0.2) is 25.5 Å². The number of thiophene rings is 1. The molecule has 5 nitrogen and oxygen atoms in total. The third kappa shape index (κ3) is 4.89. The molecule has 0 saturated heterocycles. The van der Waals surface area contributed by atoms with Gasteiger partial charge in [0.1, 0.15) is 0 Å². The molecule has 0 radical (unpaired) electrons. The molecule has 22 heavy (non-hydrogen) atoms. The number of hydrogen-bond acceptors (Lipinski definition) is 3. The van der Waals surface area contributed by atoms with Gasteiger partial charge in [0, 0.05) is 24.0 Å². The number of aliphatic imine (C=N–C) groups is 1. The first-order chi connectivity index (χ1) is 10.7. The number of nitrogens with two attached hydrogens (primary N) is 1. The highest BCUT2D eigenvalue weighted by Gasteiger charge is 2.03. The summed E-state index contributed by atoms with van der Waals surface area (Å²) >= 11 is 1.73. The summed E-state index contributed by atoms with van der Waals surface area (Å²) in [7, 11) is 1.61. The van der Waals surface area contributed by atoms with Crippen LogP contribution in [0.5, 0.6) is 0 Å². The number of rotatable bonds is 6. The SMILES string of the molecule is CNC(=O)c1cccc(CN=C(N)NCCc2cccs2)c1. The lowest BCUT2D eigenvalue weighted by Gasteiger charge is -2.05. The maximum atomic E-state index is 11.6. The molecule has 6 heteroatoms. The van der Waals surface area contributed by atoms with Gasteiger partial charge in [-0.2, -0.15) is 0 Å². The molecular weight excluding hydrogens is 296 g/mol. The molecule has 0 atom stereocenters. The fourth-order valence-electron chi connectivity index (χ4n) is 1.96. The minimum atomic E-state index is -0.104. The van der Waals surface area contributed by atoms with Gasteiger partial charge in [-0.1, -0.05) is 18.2 Å². The first-order valence-electron chi connectivity index (χ1n) is 7.06. The summed E-state index contributed by atoms with van der Waals surface area (Å²) in [6.07, 6.45) is 0.931. The minimum absolute atomic E-state index is 0.104. The summed E-state index contributed by atoms with van der Waals surface area (Å²) in [5.74, 6) is 0.315. The van der Waals surface area contributed by atoms with Crippen molar-refractivity contribution in [3.05, 3.63) is 57.8 Å². The molecule has 1 heterocycles. The van der Waals surface area contributed by atoms with Crippen molar-refractivity contribution in [2.75, 3.05) is 13.6 Å². The zero-order valence-corrected chi connectivity index (χ0v) is 13.3. The third-order valence-electron chi connectivity index (χ3n) is 3.11. The normalized spacial score (nSPS) is 11.2. The lowest BCUT2D eigenvalue weighted by Crippen LogP contribution is -2.33. The third-order valence-corrected chi connectivity index (χ3v) is 4.04. The van der Waals surface area contributed by atoms with Crippen LogP contribution in [0, 0.1) is 0 Å². The number of benzene rings is 1. The number of hydrogen-bond donors (Lipinski definition) is 3. The Morgan fingerprint density at radius 1 is 1.32 bits per heavy atom. The van der Waals surface area contributed by atoms with Crippen molar-refractivity contribution < 1.29 is 4.79 Å². The van der Waals surface area contributed by atoms with Gasteiger partial charge in [-0.05, 0) is 35.6 Å². The Labute approximate surface area is 134 Å². The average Bonchev–Trinajstić information content (AvgIpc) is 3.06. The topological polar surface area (TPSA) is 79.5 Å². The molecule has 0 aliphatic rings. The molecule has 116 valence electrons. The van der Waals surface area contributed by atoms with Crippen molar-refractivity contribution in [3.8, 4) is 0 Å². The van der Waals surface area contributed by atoms with Crippen LogP contribution in [0.1, 0.15) is 20.8 Å². The van der Waals surface area contributed by atoms with Gasteiger partial charge in [0.05, 0.1) is 6.54 Å². The van der Waals surface area contributed by atoms with Crippen molar-refractivity contribution in [2.45, 2.75) is 13.0 Å². The summed E-state index contributed by atoms with van der Waals surface area (Å²) in [5.41, 5.74) is 7.42. The number of carbonyl (C=O) groups excluding carboxylic acids is 1. The summed E-state index contributed by atoms with van der Waals surface area (Å²) in [6, 6.07) is 11.5. The first-order valence-corrected chi connectivity index (χ1v) is 7.94. The second-order valence-electron chi connectivity index (χ2n) is 4.74. The van der Waals surface area contributed by atoms with Crippen LogP contribution < -0.4 is 16.4 Å². The van der Waals surface area contributed by atoms with Crippen LogP contribution >= 0.6 is 11.3 Å². The van der Waals surface area contributed by atoms with Crippen molar-refractivity contribution in [2.24, 2.45) is 10.7 Å². The molecule has 1 aromatic heterocycles. The molecule has 0 spiro atoms. The van der Waals surface area contributed by atoms with Crippen molar-refractivity contribution >= 4 is 23.2 Å². The largest absolute Gasteiger partial charge is 0.370 e. The molecule has 1 amide bonds. The van der Waals surface area contributed by atoms with Gasteiger partial charge in [0.2, 0.25) is 0 Å². The van der Waals surface area contributed by atoms with Crippen LogP contribution in [-0.2, 0) is 13.0 Å². The summed E-state index contributed by atoms with van der Waals surface area (Å²) in [4.78, 5) is 17.2. The molecule has 2 rings (SSSR count). The van der Waals surface area contributed by atoms with Crippen molar-refractivity contribution in [1.29, 1.82) is 0 Å². The van der Waals surface area contributed by atoms with E-state index in [4.69, 9.17) is 5.73 Å². The zero-order chi connectivity index (χ0) is 15.8. The number of guanidine groups is 1. The molecule has 0 aliphatic carbocycles. The van der Waals surface area contributed by atoms with E-state index < -0.39 is 0 Å². The number of amides is 1. The van der Waals surface area contributed by atoms with Crippen LogP contribution in [0.3, 0.4) is 0 Å². The van der Waals surface area contributed by atoms with E-state index in [2.05, 4.69) is 27.1 Å². The van der Waals surface area contributed by atoms with E-state index in [0.717, 1.165) is 18.5 Å². The first kappa shape index (κ1) is 16.0. The smallest absolute Gasteiger partial charge is 0.251 e. The monoisotopic (exact) mass is 316 g/mol. The number of nitrogens with zero attached hydrogens (tertiary/aromatic N) is 1. The van der Waals surface area contributed by atoms with Gasteiger partial charge in [-0.25, -0.2) is 4.99 Å². The Kier molecular flexibility index (Phi) is 5.97. The Morgan fingerprint density at radius 3 is 2.91 bits per heavy atom.